The molecule has 0 aliphatic heterocycles. The zero-order chi connectivity index (χ0) is 10.9. The molecule has 0 bridgehead atoms. The molecule has 14 heavy (non-hydrogen) atoms. The lowest BCUT2D eigenvalue weighted by Gasteiger charge is -2.20. The lowest BCUT2D eigenvalue weighted by atomic mass is 9.87. The van der Waals surface area contributed by atoms with E-state index in [1.165, 1.54) is 5.56 Å². The fourth-order valence-electron chi connectivity index (χ4n) is 1.44. The molecule has 0 saturated carbocycles. The van der Waals surface area contributed by atoms with Crippen molar-refractivity contribution in [2.24, 2.45) is 7.05 Å². The van der Waals surface area contributed by atoms with Crippen molar-refractivity contribution in [3.63, 3.8) is 0 Å². The number of pyridine rings is 1. The molecule has 0 spiro atoms. The summed E-state index contributed by atoms with van der Waals surface area (Å²) < 4.78 is 1.68. The predicted octanol–water partition coefficient (Wildman–Crippen LogP) is 2.25. The maximum Gasteiger partial charge on any atom is 0.253 e. The normalized spacial score (nSPS) is 11.8. The Morgan fingerprint density at radius 2 is 1.93 bits per heavy atom. The summed E-state index contributed by atoms with van der Waals surface area (Å²) >= 11 is 0. The van der Waals surface area contributed by atoms with E-state index in [9.17, 15) is 4.79 Å². The SMILES string of the molecule is CCc1cc(C(C)(C)C)cn(C)c1=O. The summed E-state index contributed by atoms with van der Waals surface area (Å²) in [5.74, 6) is 0. The summed E-state index contributed by atoms with van der Waals surface area (Å²) in [4.78, 5) is 11.6. The highest BCUT2D eigenvalue weighted by Gasteiger charge is 2.15. The van der Waals surface area contributed by atoms with Crippen molar-refractivity contribution in [1.82, 2.24) is 4.57 Å². The molecule has 0 aliphatic rings. The van der Waals surface area contributed by atoms with Gasteiger partial charge in [0, 0.05) is 18.8 Å². The van der Waals surface area contributed by atoms with E-state index in [1.807, 2.05) is 26.2 Å². The van der Waals surface area contributed by atoms with Gasteiger partial charge in [-0.2, -0.15) is 0 Å². The molecule has 0 amide bonds. The first-order valence-corrected chi connectivity index (χ1v) is 5.06. The van der Waals surface area contributed by atoms with Gasteiger partial charge in [0.1, 0.15) is 0 Å². The fraction of sp³-hybridized carbons (Fsp3) is 0.583. The van der Waals surface area contributed by atoms with E-state index in [2.05, 4.69) is 20.8 Å². The van der Waals surface area contributed by atoms with Gasteiger partial charge in [-0.1, -0.05) is 27.7 Å². The molecular weight excluding hydrogens is 174 g/mol. The third kappa shape index (κ3) is 2.06. The van der Waals surface area contributed by atoms with E-state index in [0.717, 1.165) is 12.0 Å². The highest BCUT2D eigenvalue weighted by molar-refractivity contribution is 5.25. The van der Waals surface area contributed by atoms with E-state index in [4.69, 9.17) is 0 Å². The smallest absolute Gasteiger partial charge is 0.253 e. The van der Waals surface area contributed by atoms with Crippen LogP contribution in [0.4, 0.5) is 0 Å². The van der Waals surface area contributed by atoms with Gasteiger partial charge in [-0.05, 0) is 23.5 Å². The Kier molecular flexibility index (Phi) is 2.84. The zero-order valence-corrected chi connectivity index (χ0v) is 9.72. The quantitative estimate of drug-likeness (QED) is 0.670. The first-order chi connectivity index (χ1) is 6.36. The lowest BCUT2D eigenvalue weighted by Crippen LogP contribution is -2.24. The maximum absolute atomic E-state index is 11.6. The van der Waals surface area contributed by atoms with E-state index < -0.39 is 0 Å². The van der Waals surface area contributed by atoms with Crippen LogP contribution >= 0.6 is 0 Å². The van der Waals surface area contributed by atoms with Crippen molar-refractivity contribution in [1.29, 1.82) is 0 Å². The summed E-state index contributed by atoms with van der Waals surface area (Å²) in [7, 11) is 1.82. The number of rotatable bonds is 1. The highest BCUT2D eigenvalue weighted by atomic mass is 16.1. The average Bonchev–Trinajstić information content (AvgIpc) is 2.07. The van der Waals surface area contributed by atoms with Gasteiger partial charge in [0.25, 0.3) is 5.56 Å². The molecular formula is C12H19NO. The zero-order valence-electron chi connectivity index (χ0n) is 9.72. The number of nitrogens with zero attached hydrogens (tertiary/aromatic N) is 1. The first kappa shape index (κ1) is 11.0. The molecule has 1 rings (SSSR count). The molecule has 2 heteroatoms. The molecule has 0 aliphatic carbocycles. The molecule has 2 nitrogen and oxygen atoms in total. The fourth-order valence-corrected chi connectivity index (χ4v) is 1.44. The molecule has 0 saturated heterocycles. The second-order valence-corrected chi connectivity index (χ2v) is 4.77. The molecule has 1 aromatic heterocycles. The van der Waals surface area contributed by atoms with Crippen LogP contribution in [0.1, 0.15) is 38.8 Å². The molecule has 78 valence electrons. The van der Waals surface area contributed by atoms with Crippen LogP contribution in [0.3, 0.4) is 0 Å². The first-order valence-electron chi connectivity index (χ1n) is 5.06. The average molecular weight is 193 g/mol. The minimum atomic E-state index is 0.107. The van der Waals surface area contributed by atoms with Crippen molar-refractivity contribution in [3.8, 4) is 0 Å². The Balaban J connectivity index is 3.38. The molecule has 0 atom stereocenters. The lowest BCUT2D eigenvalue weighted by molar-refractivity contribution is 0.578. The Morgan fingerprint density at radius 1 is 1.36 bits per heavy atom. The van der Waals surface area contributed by atoms with Crippen LogP contribution in [0, 0.1) is 0 Å². The minimum absolute atomic E-state index is 0.107. The Hall–Kier alpha value is -1.05. The molecule has 0 fully saturated rings. The summed E-state index contributed by atoms with van der Waals surface area (Å²) in [6, 6.07) is 2.03. The van der Waals surface area contributed by atoms with Crippen LogP contribution in [0.25, 0.3) is 0 Å². The second kappa shape index (κ2) is 3.60. The third-order valence-corrected chi connectivity index (χ3v) is 2.50. The Bertz CT molecular complexity index is 382. The van der Waals surface area contributed by atoms with Crippen LogP contribution in [0.2, 0.25) is 0 Å². The monoisotopic (exact) mass is 193 g/mol. The van der Waals surface area contributed by atoms with Gasteiger partial charge < -0.3 is 4.57 Å². The number of hydrogen-bond acceptors (Lipinski definition) is 1. The van der Waals surface area contributed by atoms with Crippen LogP contribution in [-0.4, -0.2) is 4.57 Å². The molecule has 0 unspecified atom stereocenters. The maximum atomic E-state index is 11.6. The van der Waals surface area contributed by atoms with Gasteiger partial charge in [0.15, 0.2) is 0 Å². The van der Waals surface area contributed by atoms with Crippen molar-refractivity contribution < 1.29 is 0 Å². The third-order valence-electron chi connectivity index (χ3n) is 2.50. The number of aryl methyl sites for hydroxylation is 2. The number of hydrogen-bond donors (Lipinski definition) is 0. The van der Waals surface area contributed by atoms with Crippen molar-refractivity contribution in [2.75, 3.05) is 0 Å². The van der Waals surface area contributed by atoms with Crippen LogP contribution < -0.4 is 5.56 Å². The van der Waals surface area contributed by atoms with Gasteiger partial charge >= 0.3 is 0 Å². The van der Waals surface area contributed by atoms with Gasteiger partial charge in [0.2, 0.25) is 0 Å². The van der Waals surface area contributed by atoms with Gasteiger partial charge in [-0.3, -0.25) is 4.79 Å². The topological polar surface area (TPSA) is 22.0 Å². The van der Waals surface area contributed by atoms with Crippen molar-refractivity contribution in [2.45, 2.75) is 39.5 Å². The Morgan fingerprint density at radius 3 is 2.36 bits per heavy atom. The molecule has 1 heterocycles. The summed E-state index contributed by atoms with van der Waals surface area (Å²) in [6.07, 6.45) is 2.73. The largest absolute Gasteiger partial charge is 0.318 e. The molecule has 0 aromatic carbocycles. The van der Waals surface area contributed by atoms with Crippen molar-refractivity contribution >= 4 is 0 Å². The predicted molar refractivity (Wildman–Crippen MR) is 59.8 cm³/mol. The van der Waals surface area contributed by atoms with Crippen molar-refractivity contribution in [3.05, 3.63) is 33.7 Å². The van der Waals surface area contributed by atoms with E-state index in [-0.39, 0.29) is 11.0 Å². The van der Waals surface area contributed by atoms with Crippen LogP contribution in [0.15, 0.2) is 17.1 Å². The molecule has 0 N–H and O–H groups in total. The molecule has 0 radical (unpaired) electrons. The van der Waals surface area contributed by atoms with Gasteiger partial charge in [-0.25, -0.2) is 0 Å². The summed E-state index contributed by atoms with van der Waals surface area (Å²) in [5.41, 5.74) is 2.35. The second-order valence-electron chi connectivity index (χ2n) is 4.77. The highest BCUT2D eigenvalue weighted by Crippen LogP contribution is 2.21. The molecule has 1 aromatic rings. The number of aromatic nitrogens is 1. The van der Waals surface area contributed by atoms with E-state index >= 15 is 0 Å². The van der Waals surface area contributed by atoms with Crippen LogP contribution in [0.5, 0.6) is 0 Å². The van der Waals surface area contributed by atoms with Gasteiger partial charge in [0.05, 0.1) is 0 Å². The Labute approximate surface area is 85.6 Å². The van der Waals surface area contributed by atoms with E-state index in [0.29, 0.717) is 0 Å². The minimum Gasteiger partial charge on any atom is -0.318 e. The van der Waals surface area contributed by atoms with Crippen LogP contribution in [-0.2, 0) is 18.9 Å². The van der Waals surface area contributed by atoms with Gasteiger partial charge in [-0.15, -0.1) is 0 Å². The summed E-state index contributed by atoms with van der Waals surface area (Å²) in [5, 5.41) is 0. The standard InChI is InChI=1S/C12H19NO/c1-6-9-7-10(12(2,3)4)8-13(5)11(9)14/h7-8H,6H2,1-5H3. The van der Waals surface area contributed by atoms with E-state index in [1.54, 1.807) is 4.57 Å². The summed E-state index contributed by atoms with van der Waals surface area (Å²) in [6.45, 7) is 8.49.